The van der Waals surface area contributed by atoms with Crippen molar-refractivity contribution in [2.24, 2.45) is 0 Å². The molecule has 2 aromatic rings. The van der Waals surface area contributed by atoms with Gasteiger partial charge in [0.1, 0.15) is 0 Å². The van der Waals surface area contributed by atoms with E-state index in [1.807, 2.05) is 19.1 Å². The van der Waals surface area contributed by atoms with Crippen molar-refractivity contribution in [2.45, 2.75) is 20.1 Å². The number of rotatable bonds is 7. The van der Waals surface area contributed by atoms with Crippen LogP contribution in [0.15, 0.2) is 36.5 Å². The Hall–Kier alpha value is -2.14. The molecule has 1 aromatic carbocycles. The molecule has 5 heteroatoms. The molecule has 0 fully saturated rings. The monoisotopic (exact) mass is 273 g/mol. The largest absolute Gasteiger partial charge is 0.478 e. The molecular weight excluding hydrogens is 254 g/mol. The van der Waals surface area contributed by atoms with Crippen molar-refractivity contribution in [3.63, 3.8) is 0 Å². The highest BCUT2D eigenvalue weighted by Crippen LogP contribution is 2.11. The first-order chi connectivity index (χ1) is 9.81. The molecular formula is C15H19N3O2. The van der Waals surface area contributed by atoms with Crippen LogP contribution in [0.1, 0.15) is 18.1 Å². The molecule has 0 saturated heterocycles. The third-order valence-corrected chi connectivity index (χ3v) is 2.68. The third kappa shape index (κ3) is 4.20. The average Bonchev–Trinajstić information content (AvgIpc) is 2.47. The second kappa shape index (κ2) is 7.45. The quantitative estimate of drug-likeness (QED) is 0.840. The fraction of sp³-hybridized carbons (Fsp3) is 0.333. The van der Waals surface area contributed by atoms with Crippen LogP contribution in [0.4, 0.5) is 5.95 Å². The molecule has 106 valence electrons. The summed E-state index contributed by atoms with van der Waals surface area (Å²) in [5, 5.41) is 3.19. The first-order valence-corrected chi connectivity index (χ1v) is 6.58. The van der Waals surface area contributed by atoms with Crippen molar-refractivity contribution in [3.8, 4) is 5.88 Å². The second-order valence-electron chi connectivity index (χ2n) is 4.26. The molecule has 0 unspecified atom stereocenters. The van der Waals surface area contributed by atoms with Crippen LogP contribution in [0.25, 0.3) is 0 Å². The number of anilines is 1. The number of methoxy groups -OCH3 is 1. The first-order valence-electron chi connectivity index (χ1n) is 6.58. The topological polar surface area (TPSA) is 56.3 Å². The molecule has 1 heterocycles. The van der Waals surface area contributed by atoms with Crippen molar-refractivity contribution in [1.82, 2.24) is 9.97 Å². The van der Waals surface area contributed by atoms with Gasteiger partial charge in [0.15, 0.2) is 0 Å². The van der Waals surface area contributed by atoms with Crippen LogP contribution in [0, 0.1) is 0 Å². The highest BCUT2D eigenvalue weighted by atomic mass is 16.5. The number of ether oxygens (including phenoxy) is 2. The molecule has 2 rings (SSSR count). The Kier molecular flexibility index (Phi) is 5.32. The Balaban J connectivity index is 1.97. The Morgan fingerprint density at radius 2 is 2.05 bits per heavy atom. The number of nitrogens with zero attached hydrogens (tertiary/aromatic N) is 2. The van der Waals surface area contributed by atoms with Crippen molar-refractivity contribution in [3.05, 3.63) is 47.7 Å². The van der Waals surface area contributed by atoms with E-state index < -0.39 is 0 Å². The molecule has 5 nitrogen and oxygen atoms in total. The van der Waals surface area contributed by atoms with Gasteiger partial charge in [-0.25, -0.2) is 4.98 Å². The van der Waals surface area contributed by atoms with E-state index in [-0.39, 0.29) is 0 Å². The van der Waals surface area contributed by atoms with E-state index in [1.165, 1.54) is 0 Å². The van der Waals surface area contributed by atoms with Gasteiger partial charge in [0.2, 0.25) is 11.8 Å². The zero-order valence-electron chi connectivity index (χ0n) is 11.8. The van der Waals surface area contributed by atoms with E-state index in [0.29, 0.717) is 31.6 Å². The smallest absolute Gasteiger partial charge is 0.226 e. The van der Waals surface area contributed by atoms with Gasteiger partial charge in [0.05, 0.1) is 13.2 Å². The lowest BCUT2D eigenvalue weighted by Gasteiger charge is -2.08. The van der Waals surface area contributed by atoms with Gasteiger partial charge in [-0.2, -0.15) is 4.98 Å². The zero-order chi connectivity index (χ0) is 14.2. The lowest BCUT2D eigenvalue weighted by Crippen LogP contribution is -2.05. The van der Waals surface area contributed by atoms with Crippen molar-refractivity contribution >= 4 is 5.95 Å². The van der Waals surface area contributed by atoms with E-state index in [0.717, 1.165) is 11.1 Å². The van der Waals surface area contributed by atoms with E-state index in [2.05, 4.69) is 27.4 Å². The number of aromatic nitrogens is 2. The molecule has 0 radical (unpaired) electrons. The molecule has 0 saturated carbocycles. The molecule has 1 aromatic heterocycles. The van der Waals surface area contributed by atoms with Crippen LogP contribution in [0.3, 0.4) is 0 Å². The van der Waals surface area contributed by atoms with Crippen LogP contribution in [0.5, 0.6) is 5.88 Å². The van der Waals surface area contributed by atoms with Gasteiger partial charge in [-0.1, -0.05) is 24.3 Å². The number of nitrogens with one attached hydrogen (secondary N) is 1. The van der Waals surface area contributed by atoms with Crippen molar-refractivity contribution in [1.29, 1.82) is 0 Å². The van der Waals surface area contributed by atoms with Crippen LogP contribution < -0.4 is 10.1 Å². The van der Waals surface area contributed by atoms with Crippen LogP contribution in [-0.2, 0) is 17.9 Å². The van der Waals surface area contributed by atoms with Gasteiger partial charge in [-0.05, 0) is 18.1 Å². The summed E-state index contributed by atoms with van der Waals surface area (Å²) in [4.78, 5) is 8.44. The predicted octanol–water partition coefficient (Wildman–Crippen LogP) is 2.63. The van der Waals surface area contributed by atoms with Gasteiger partial charge in [-0.15, -0.1) is 0 Å². The third-order valence-electron chi connectivity index (χ3n) is 2.68. The molecule has 0 aliphatic carbocycles. The van der Waals surface area contributed by atoms with E-state index in [1.54, 1.807) is 19.4 Å². The van der Waals surface area contributed by atoms with Crippen molar-refractivity contribution < 1.29 is 9.47 Å². The summed E-state index contributed by atoms with van der Waals surface area (Å²) in [5.74, 6) is 1.14. The summed E-state index contributed by atoms with van der Waals surface area (Å²) < 4.78 is 10.5. The summed E-state index contributed by atoms with van der Waals surface area (Å²) in [7, 11) is 1.69. The minimum Gasteiger partial charge on any atom is -0.478 e. The molecule has 0 aliphatic rings. The Bertz CT molecular complexity index is 497. The van der Waals surface area contributed by atoms with Crippen LogP contribution in [0.2, 0.25) is 0 Å². The summed E-state index contributed by atoms with van der Waals surface area (Å²) >= 11 is 0. The van der Waals surface area contributed by atoms with E-state index >= 15 is 0 Å². The highest BCUT2D eigenvalue weighted by Gasteiger charge is 2.00. The van der Waals surface area contributed by atoms with Gasteiger partial charge in [0.25, 0.3) is 0 Å². The predicted molar refractivity (Wildman–Crippen MR) is 77.7 cm³/mol. The summed E-state index contributed by atoms with van der Waals surface area (Å²) in [6, 6.07) is 9.96. The fourth-order valence-corrected chi connectivity index (χ4v) is 1.83. The molecule has 0 bridgehead atoms. The molecule has 0 amide bonds. The lowest BCUT2D eigenvalue weighted by atomic mass is 10.1. The zero-order valence-corrected chi connectivity index (χ0v) is 11.8. The molecule has 0 spiro atoms. The fourth-order valence-electron chi connectivity index (χ4n) is 1.83. The Morgan fingerprint density at radius 3 is 2.85 bits per heavy atom. The molecule has 0 atom stereocenters. The number of benzene rings is 1. The van der Waals surface area contributed by atoms with E-state index in [4.69, 9.17) is 9.47 Å². The Morgan fingerprint density at radius 1 is 1.20 bits per heavy atom. The molecule has 0 aliphatic heterocycles. The normalized spacial score (nSPS) is 10.3. The Labute approximate surface area is 119 Å². The van der Waals surface area contributed by atoms with Gasteiger partial charge in [0, 0.05) is 25.9 Å². The number of hydrogen-bond donors (Lipinski definition) is 1. The minimum atomic E-state index is 0.563. The highest BCUT2D eigenvalue weighted by molar-refractivity contribution is 5.31. The molecule has 1 N–H and O–H groups in total. The second-order valence-corrected chi connectivity index (χ2v) is 4.26. The first kappa shape index (κ1) is 14.3. The van der Waals surface area contributed by atoms with Crippen LogP contribution >= 0.6 is 0 Å². The maximum Gasteiger partial charge on any atom is 0.226 e. The standard InChI is InChI=1S/C15H19N3O2/c1-3-20-14-7-8-16-15(18-14)17-10-12-5-4-6-13(9-12)11-19-2/h4-9H,3,10-11H2,1-2H3,(H,16,17,18). The van der Waals surface area contributed by atoms with Gasteiger partial charge >= 0.3 is 0 Å². The number of hydrogen-bond acceptors (Lipinski definition) is 5. The SMILES string of the molecule is CCOc1ccnc(NCc2cccc(COC)c2)n1. The summed E-state index contributed by atoms with van der Waals surface area (Å²) in [6.45, 7) is 3.79. The van der Waals surface area contributed by atoms with Crippen molar-refractivity contribution in [2.75, 3.05) is 19.0 Å². The lowest BCUT2D eigenvalue weighted by molar-refractivity contribution is 0.185. The summed E-state index contributed by atoms with van der Waals surface area (Å²) in [5.41, 5.74) is 2.31. The summed E-state index contributed by atoms with van der Waals surface area (Å²) in [6.07, 6.45) is 1.68. The van der Waals surface area contributed by atoms with Crippen LogP contribution in [-0.4, -0.2) is 23.7 Å². The van der Waals surface area contributed by atoms with E-state index in [9.17, 15) is 0 Å². The van der Waals surface area contributed by atoms with Gasteiger partial charge < -0.3 is 14.8 Å². The average molecular weight is 273 g/mol. The van der Waals surface area contributed by atoms with Gasteiger partial charge in [-0.3, -0.25) is 0 Å². The molecule has 20 heavy (non-hydrogen) atoms. The maximum absolute atomic E-state index is 5.34. The maximum atomic E-state index is 5.34. The minimum absolute atomic E-state index is 0.563.